The van der Waals surface area contributed by atoms with Gasteiger partial charge in [-0.3, -0.25) is 4.79 Å². The molecule has 1 rings (SSSR count). The predicted octanol–water partition coefficient (Wildman–Crippen LogP) is 14.7. The summed E-state index contributed by atoms with van der Waals surface area (Å²) in [6, 6.07) is 0. The third kappa shape index (κ3) is 39.8. The first-order valence-corrected chi connectivity index (χ1v) is 28.6. The van der Waals surface area contributed by atoms with Gasteiger partial charge in [-0.2, -0.15) is 0 Å². The van der Waals surface area contributed by atoms with Crippen LogP contribution in [-0.2, 0) is 23.7 Å². The van der Waals surface area contributed by atoms with Gasteiger partial charge in [-0.1, -0.05) is 224 Å². The van der Waals surface area contributed by atoms with Gasteiger partial charge in [-0.25, -0.2) is 0 Å². The number of unbranched alkanes of at least 4 members (excludes halogenated alkanes) is 33. The first kappa shape index (κ1) is 63.4. The molecule has 0 aromatic rings. The lowest BCUT2D eigenvalue weighted by Gasteiger charge is -2.39. The van der Waals surface area contributed by atoms with Crippen LogP contribution in [0.2, 0.25) is 0 Å². The monoisotopic (exact) mass is 949 g/mol. The van der Waals surface area contributed by atoms with E-state index in [0.29, 0.717) is 13.0 Å². The second-order valence-electron chi connectivity index (χ2n) is 19.7. The molecular formula is C58H108O9. The van der Waals surface area contributed by atoms with Crippen LogP contribution < -0.4 is 0 Å². The molecule has 0 saturated carbocycles. The minimum absolute atomic E-state index is 0.112. The topological polar surface area (TPSA) is 135 Å². The predicted molar refractivity (Wildman–Crippen MR) is 279 cm³/mol. The van der Waals surface area contributed by atoms with Crippen LogP contribution in [0.4, 0.5) is 0 Å². The largest absolute Gasteiger partial charge is 0.457 e. The number of esters is 1. The standard InChI is InChI=1S/C58H108O9/c1-3-5-7-9-11-13-15-17-19-21-23-24-25-26-27-28-29-31-33-35-37-39-41-43-45-47-54(60)66-52(51-65-58-57(63)56(62)55(61)53(49-59)67-58)50-64-48-46-44-42-40-38-36-34-32-30-22-20-18-16-14-12-10-8-6-4-2/h15,17,20-23,52-53,55-59,61-63H,3-14,16,18-19,24-51H2,1-2H3/b17-15-,22-20-,23-21-. The van der Waals surface area contributed by atoms with Gasteiger partial charge in [0.2, 0.25) is 0 Å². The van der Waals surface area contributed by atoms with E-state index in [2.05, 4.69) is 50.3 Å². The summed E-state index contributed by atoms with van der Waals surface area (Å²) in [7, 11) is 0. The molecule has 1 saturated heterocycles. The Morgan fingerprint density at radius 1 is 0.478 bits per heavy atom. The molecular weight excluding hydrogens is 841 g/mol. The van der Waals surface area contributed by atoms with E-state index in [4.69, 9.17) is 18.9 Å². The average molecular weight is 949 g/mol. The normalized spacial score (nSPS) is 19.4. The van der Waals surface area contributed by atoms with Crippen LogP contribution in [-0.4, -0.2) is 89.6 Å². The summed E-state index contributed by atoms with van der Waals surface area (Å²) in [5.74, 6) is -0.312. The molecule has 9 heteroatoms. The number of carbonyl (C=O) groups is 1. The lowest BCUT2D eigenvalue weighted by Crippen LogP contribution is -2.59. The van der Waals surface area contributed by atoms with Crippen molar-refractivity contribution in [3.05, 3.63) is 36.5 Å². The van der Waals surface area contributed by atoms with Gasteiger partial charge in [0.15, 0.2) is 6.29 Å². The molecule has 1 aliphatic rings. The molecule has 6 atom stereocenters. The van der Waals surface area contributed by atoms with Gasteiger partial charge in [0.25, 0.3) is 0 Å². The quantitative estimate of drug-likeness (QED) is 0.0267. The molecule has 1 heterocycles. The van der Waals surface area contributed by atoms with E-state index in [0.717, 1.165) is 38.5 Å². The van der Waals surface area contributed by atoms with E-state index < -0.39 is 43.4 Å². The molecule has 0 aromatic carbocycles. The van der Waals surface area contributed by atoms with E-state index in [1.165, 1.54) is 205 Å². The molecule has 394 valence electrons. The van der Waals surface area contributed by atoms with Gasteiger partial charge < -0.3 is 39.4 Å². The highest BCUT2D eigenvalue weighted by Gasteiger charge is 2.44. The van der Waals surface area contributed by atoms with Crippen molar-refractivity contribution >= 4 is 5.97 Å². The molecule has 0 aromatic heterocycles. The van der Waals surface area contributed by atoms with Gasteiger partial charge in [-0.15, -0.1) is 0 Å². The molecule has 6 unspecified atom stereocenters. The number of carbonyl (C=O) groups excluding carboxylic acids is 1. The van der Waals surface area contributed by atoms with Crippen molar-refractivity contribution in [3.63, 3.8) is 0 Å². The minimum Gasteiger partial charge on any atom is -0.457 e. The maximum atomic E-state index is 12.9. The van der Waals surface area contributed by atoms with Gasteiger partial charge in [0.05, 0.1) is 19.8 Å². The highest BCUT2D eigenvalue weighted by atomic mass is 16.7. The van der Waals surface area contributed by atoms with Crippen LogP contribution in [0.1, 0.15) is 264 Å². The van der Waals surface area contributed by atoms with Crippen molar-refractivity contribution in [2.24, 2.45) is 0 Å². The van der Waals surface area contributed by atoms with Crippen molar-refractivity contribution in [1.82, 2.24) is 0 Å². The number of hydrogen-bond donors (Lipinski definition) is 4. The van der Waals surface area contributed by atoms with E-state index in [-0.39, 0.29) is 19.2 Å². The average Bonchev–Trinajstić information content (AvgIpc) is 3.33. The van der Waals surface area contributed by atoms with E-state index in [9.17, 15) is 25.2 Å². The summed E-state index contributed by atoms with van der Waals surface area (Å²) in [6.45, 7) is 4.58. The first-order valence-electron chi connectivity index (χ1n) is 28.6. The molecule has 0 radical (unpaired) electrons. The highest BCUT2D eigenvalue weighted by Crippen LogP contribution is 2.23. The fourth-order valence-corrected chi connectivity index (χ4v) is 8.81. The summed E-state index contributed by atoms with van der Waals surface area (Å²) in [4.78, 5) is 12.9. The van der Waals surface area contributed by atoms with E-state index >= 15 is 0 Å². The fourth-order valence-electron chi connectivity index (χ4n) is 8.81. The first-order chi connectivity index (χ1) is 32.9. The van der Waals surface area contributed by atoms with Gasteiger partial charge in [0.1, 0.15) is 30.5 Å². The highest BCUT2D eigenvalue weighted by molar-refractivity contribution is 5.69. The Balaban J connectivity index is 2.15. The Morgan fingerprint density at radius 3 is 1.30 bits per heavy atom. The summed E-state index contributed by atoms with van der Waals surface area (Å²) in [5, 5.41) is 40.3. The van der Waals surface area contributed by atoms with Crippen LogP contribution in [0.25, 0.3) is 0 Å². The smallest absolute Gasteiger partial charge is 0.306 e. The third-order valence-electron chi connectivity index (χ3n) is 13.3. The summed E-state index contributed by atoms with van der Waals surface area (Å²) < 4.78 is 23.0. The molecule has 67 heavy (non-hydrogen) atoms. The molecule has 4 N–H and O–H groups in total. The summed E-state index contributed by atoms with van der Waals surface area (Å²) >= 11 is 0. The van der Waals surface area contributed by atoms with Crippen LogP contribution in [0.5, 0.6) is 0 Å². The molecule has 1 aliphatic heterocycles. The van der Waals surface area contributed by atoms with E-state index in [1.807, 2.05) is 0 Å². The summed E-state index contributed by atoms with van der Waals surface area (Å²) in [6.07, 6.45) is 54.7. The number of aliphatic hydroxyl groups excluding tert-OH is 4. The lowest BCUT2D eigenvalue weighted by molar-refractivity contribution is -0.305. The number of allylic oxidation sites excluding steroid dienone is 6. The second-order valence-corrected chi connectivity index (χ2v) is 19.7. The van der Waals surface area contributed by atoms with Crippen molar-refractivity contribution in [3.8, 4) is 0 Å². The maximum absolute atomic E-state index is 12.9. The minimum atomic E-state index is -1.54. The fraction of sp³-hybridized carbons (Fsp3) is 0.879. The zero-order valence-electron chi connectivity index (χ0n) is 43.7. The van der Waals surface area contributed by atoms with Crippen LogP contribution in [0, 0.1) is 0 Å². The molecule has 0 aliphatic carbocycles. The molecule has 1 fully saturated rings. The Kier molecular flexibility index (Phi) is 46.8. The van der Waals surface area contributed by atoms with Crippen molar-refractivity contribution < 1.29 is 44.2 Å². The zero-order chi connectivity index (χ0) is 48.5. The van der Waals surface area contributed by atoms with E-state index in [1.54, 1.807) is 0 Å². The molecule has 0 spiro atoms. The van der Waals surface area contributed by atoms with Gasteiger partial charge >= 0.3 is 5.97 Å². The summed E-state index contributed by atoms with van der Waals surface area (Å²) in [5.41, 5.74) is 0. The Morgan fingerprint density at radius 2 is 0.866 bits per heavy atom. The number of aliphatic hydroxyl groups is 4. The van der Waals surface area contributed by atoms with Crippen LogP contribution in [0.3, 0.4) is 0 Å². The lowest BCUT2D eigenvalue weighted by atomic mass is 9.99. The molecule has 0 bridgehead atoms. The number of ether oxygens (including phenoxy) is 4. The third-order valence-corrected chi connectivity index (χ3v) is 13.3. The Labute approximate surface area is 412 Å². The van der Waals surface area contributed by atoms with Crippen molar-refractivity contribution in [2.75, 3.05) is 26.4 Å². The molecule has 9 nitrogen and oxygen atoms in total. The molecule has 0 amide bonds. The maximum Gasteiger partial charge on any atom is 0.306 e. The van der Waals surface area contributed by atoms with Crippen molar-refractivity contribution in [1.29, 1.82) is 0 Å². The Hall–Kier alpha value is -1.59. The van der Waals surface area contributed by atoms with Gasteiger partial charge in [-0.05, 0) is 70.6 Å². The zero-order valence-corrected chi connectivity index (χ0v) is 43.7. The number of rotatable bonds is 50. The van der Waals surface area contributed by atoms with Crippen molar-refractivity contribution in [2.45, 2.75) is 301 Å². The van der Waals surface area contributed by atoms with Gasteiger partial charge in [0, 0.05) is 13.0 Å². The Bertz CT molecular complexity index is 1130. The van der Waals surface area contributed by atoms with Crippen LogP contribution in [0.15, 0.2) is 36.5 Å². The second kappa shape index (κ2) is 49.4. The number of hydrogen-bond acceptors (Lipinski definition) is 9. The SMILES string of the molecule is CCCCCCC/C=C\C/C=C\CCCCCCCCCCCCCCCC(=O)OC(COCCCCCCCCCC/C=C\CCCCCCCCC)COC1OC(CO)C(O)C(O)C1O. The van der Waals surface area contributed by atoms with Crippen LogP contribution >= 0.6 is 0 Å².